The normalized spacial score (nSPS) is 17.4. The Morgan fingerprint density at radius 2 is 2.25 bits per heavy atom. The summed E-state index contributed by atoms with van der Waals surface area (Å²) in [5.41, 5.74) is 4.60. The Labute approximate surface area is 117 Å². The third kappa shape index (κ3) is 2.11. The third-order valence-electron chi connectivity index (χ3n) is 3.89. The van der Waals surface area contributed by atoms with E-state index in [4.69, 9.17) is 0 Å². The molecule has 0 aliphatic heterocycles. The number of fused-ring (bicyclic) bond motifs is 1. The second kappa shape index (κ2) is 4.93. The van der Waals surface area contributed by atoms with Gasteiger partial charge in [-0.25, -0.2) is 4.98 Å². The number of aromatic amines is 1. The molecule has 6 heteroatoms. The van der Waals surface area contributed by atoms with Gasteiger partial charge in [0, 0.05) is 18.2 Å². The van der Waals surface area contributed by atoms with Crippen LogP contribution in [0.15, 0.2) is 6.33 Å². The molecule has 6 nitrogen and oxygen atoms in total. The lowest BCUT2D eigenvalue weighted by Gasteiger charge is -2.23. The fourth-order valence-electron chi connectivity index (χ4n) is 2.56. The molecule has 3 rings (SSSR count). The summed E-state index contributed by atoms with van der Waals surface area (Å²) >= 11 is 0. The Morgan fingerprint density at radius 3 is 3.05 bits per heavy atom. The van der Waals surface area contributed by atoms with E-state index in [-0.39, 0.29) is 6.04 Å². The van der Waals surface area contributed by atoms with E-state index >= 15 is 0 Å². The molecule has 2 aromatic rings. The van der Waals surface area contributed by atoms with Crippen LogP contribution in [-0.2, 0) is 12.8 Å². The number of anilines is 1. The van der Waals surface area contributed by atoms with E-state index in [1.54, 1.807) is 6.33 Å². The van der Waals surface area contributed by atoms with Gasteiger partial charge in [-0.3, -0.25) is 0 Å². The summed E-state index contributed by atoms with van der Waals surface area (Å²) in [7, 11) is 0. The fraction of sp³-hybridized carbons (Fsp3) is 0.429. The Bertz CT molecular complexity index is 681. The molecule has 0 spiro atoms. The summed E-state index contributed by atoms with van der Waals surface area (Å²) in [6.45, 7) is 3.77. The molecular weight excluding hydrogens is 252 g/mol. The van der Waals surface area contributed by atoms with Crippen molar-refractivity contribution in [1.29, 1.82) is 5.26 Å². The van der Waals surface area contributed by atoms with Gasteiger partial charge in [0.2, 0.25) is 0 Å². The summed E-state index contributed by atoms with van der Waals surface area (Å²) in [5.74, 6) is 0.587. The van der Waals surface area contributed by atoms with Gasteiger partial charge < -0.3 is 10.3 Å². The molecule has 2 N–H and O–H groups in total. The van der Waals surface area contributed by atoms with Gasteiger partial charge in [-0.1, -0.05) is 0 Å². The molecule has 0 radical (unpaired) electrons. The lowest BCUT2D eigenvalue weighted by atomic mass is 9.96. The first-order valence-corrected chi connectivity index (χ1v) is 6.70. The largest absolute Gasteiger partial charge is 0.364 e. The summed E-state index contributed by atoms with van der Waals surface area (Å²) in [6, 6.07) is 2.48. The van der Waals surface area contributed by atoms with Crippen LogP contribution in [0.4, 0.5) is 5.82 Å². The highest BCUT2D eigenvalue weighted by Crippen LogP contribution is 2.23. The quantitative estimate of drug-likeness (QED) is 0.864. The van der Waals surface area contributed by atoms with Gasteiger partial charge in [0.25, 0.3) is 0 Å². The zero-order valence-corrected chi connectivity index (χ0v) is 11.6. The minimum atomic E-state index is 0.256. The molecule has 2 aromatic heterocycles. The zero-order valence-electron chi connectivity index (χ0n) is 11.6. The summed E-state index contributed by atoms with van der Waals surface area (Å²) in [4.78, 5) is 7.46. The highest BCUT2D eigenvalue weighted by molar-refractivity contribution is 5.56. The Kier molecular flexibility index (Phi) is 3.11. The maximum Gasteiger partial charge on any atom is 0.167 e. The molecule has 0 saturated heterocycles. The Balaban J connectivity index is 1.83. The smallest absolute Gasteiger partial charge is 0.167 e. The van der Waals surface area contributed by atoms with Crippen LogP contribution in [0.5, 0.6) is 0 Å². The van der Waals surface area contributed by atoms with Crippen LogP contribution in [-0.4, -0.2) is 26.2 Å². The maximum atomic E-state index is 9.30. The zero-order chi connectivity index (χ0) is 14.1. The number of aromatic nitrogens is 4. The molecule has 0 bridgehead atoms. The van der Waals surface area contributed by atoms with Crippen molar-refractivity contribution in [1.82, 2.24) is 20.2 Å². The lowest BCUT2D eigenvalue weighted by Crippen LogP contribution is -2.28. The van der Waals surface area contributed by atoms with Gasteiger partial charge in [0.05, 0.1) is 17.7 Å². The number of nitrogens with zero attached hydrogens (tertiary/aromatic N) is 4. The number of aryl methyl sites for hydroxylation is 2. The molecule has 20 heavy (non-hydrogen) atoms. The minimum Gasteiger partial charge on any atom is -0.364 e. The van der Waals surface area contributed by atoms with E-state index in [0.717, 1.165) is 36.2 Å². The van der Waals surface area contributed by atoms with E-state index < -0.39 is 0 Å². The first-order valence-electron chi connectivity index (χ1n) is 6.70. The summed E-state index contributed by atoms with van der Waals surface area (Å²) < 4.78 is 0. The standard InChI is InChI=1S/C14H16N6/c1-8-9(2)19-20-14(11(8)6-15)18-10-3-4-12-13(5-10)17-7-16-12/h7,10H,3-5H2,1-2H3,(H,16,17)(H,18,20). The van der Waals surface area contributed by atoms with E-state index in [9.17, 15) is 5.26 Å². The summed E-state index contributed by atoms with van der Waals surface area (Å²) in [5, 5.41) is 20.9. The number of nitrogens with one attached hydrogen (secondary N) is 2. The molecule has 1 aliphatic rings. The topological polar surface area (TPSA) is 90.3 Å². The predicted octanol–water partition coefficient (Wildman–Crippen LogP) is 1.66. The van der Waals surface area contributed by atoms with Gasteiger partial charge in [-0.2, -0.15) is 10.4 Å². The van der Waals surface area contributed by atoms with Gasteiger partial charge in [-0.15, -0.1) is 5.10 Å². The van der Waals surface area contributed by atoms with E-state index in [0.29, 0.717) is 11.4 Å². The van der Waals surface area contributed by atoms with Crippen molar-refractivity contribution in [3.05, 3.63) is 34.5 Å². The highest BCUT2D eigenvalue weighted by Gasteiger charge is 2.22. The van der Waals surface area contributed by atoms with Crippen molar-refractivity contribution in [2.45, 2.75) is 39.2 Å². The molecule has 1 unspecified atom stereocenters. The average Bonchev–Trinajstić information content (AvgIpc) is 2.91. The van der Waals surface area contributed by atoms with E-state index in [1.807, 2.05) is 13.8 Å². The Morgan fingerprint density at radius 1 is 1.40 bits per heavy atom. The second-order valence-corrected chi connectivity index (χ2v) is 5.16. The van der Waals surface area contributed by atoms with Gasteiger partial charge >= 0.3 is 0 Å². The lowest BCUT2D eigenvalue weighted by molar-refractivity contribution is 0.594. The van der Waals surface area contributed by atoms with Crippen LogP contribution in [0.3, 0.4) is 0 Å². The molecule has 1 aliphatic carbocycles. The van der Waals surface area contributed by atoms with Crippen molar-refractivity contribution in [2.75, 3.05) is 5.32 Å². The SMILES string of the molecule is Cc1nnc(NC2CCc3nc[nH]c3C2)c(C#N)c1C. The van der Waals surface area contributed by atoms with Crippen LogP contribution >= 0.6 is 0 Å². The number of H-pyrrole nitrogens is 1. The fourth-order valence-corrected chi connectivity index (χ4v) is 2.56. The first kappa shape index (κ1) is 12.6. The van der Waals surface area contributed by atoms with Crippen molar-refractivity contribution >= 4 is 5.82 Å². The molecule has 0 aromatic carbocycles. The van der Waals surface area contributed by atoms with Crippen LogP contribution in [0.1, 0.15) is 34.6 Å². The van der Waals surface area contributed by atoms with Crippen molar-refractivity contribution in [3.8, 4) is 6.07 Å². The van der Waals surface area contributed by atoms with Crippen LogP contribution in [0.2, 0.25) is 0 Å². The van der Waals surface area contributed by atoms with E-state index in [1.165, 1.54) is 5.69 Å². The van der Waals surface area contributed by atoms with Gasteiger partial charge in [0.1, 0.15) is 11.6 Å². The Hall–Kier alpha value is -2.42. The predicted molar refractivity (Wildman–Crippen MR) is 74.2 cm³/mol. The minimum absolute atomic E-state index is 0.256. The van der Waals surface area contributed by atoms with E-state index in [2.05, 4.69) is 31.6 Å². The number of nitriles is 1. The van der Waals surface area contributed by atoms with Gasteiger partial charge in [-0.05, 0) is 32.3 Å². The van der Waals surface area contributed by atoms with Crippen LogP contribution in [0, 0.1) is 25.2 Å². The van der Waals surface area contributed by atoms with Crippen molar-refractivity contribution in [3.63, 3.8) is 0 Å². The third-order valence-corrected chi connectivity index (χ3v) is 3.89. The molecular formula is C14H16N6. The van der Waals surface area contributed by atoms with Gasteiger partial charge in [0.15, 0.2) is 5.82 Å². The molecule has 0 saturated carbocycles. The monoisotopic (exact) mass is 268 g/mol. The molecule has 1 atom stereocenters. The van der Waals surface area contributed by atoms with Crippen molar-refractivity contribution in [2.24, 2.45) is 0 Å². The van der Waals surface area contributed by atoms with Crippen molar-refractivity contribution < 1.29 is 0 Å². The number of hydrogen-bond acceptors (Lipinski definition) is 5. The van der Waals surface area contributed by atoms with Crippen LogP contribution < -0.4 is 5.32 Å². The number of imidazole rings is 1. The summed E-state index contributed by atoms with van der Waals surface area (Å²) in [6.07, 6.45) is 4.53. The number of rotatable bonds is 2. The highest BCUT2D eigenvalue weighted by atomic mass is 15.2. The number of hydrogen-bond donors (Lipinski definition) is 2. The molecule has 0 amide bonds. The second-order valence-electron chi connectivity index (χ2n) is 5.16. The maximum absolute atomic E-state index is 9.30. The van der Waals surface area contributed by atoms with Crippen LogP contribution in [0.25, 0.3) is 0 Å². The molecule has 102 valence electrons. The molecule has 0 fully saturated rings. The first-order chi connectivity index (χ1) is 9.69. The molecule has 2 heterocycles. The average molecular weight is 268 g/mol.